The second kappa shape index (κ2) is 3.64. The summed E-state index contributed by atoms with van der Waals surface area (Å²) >= 11 is 0. The van der Waals surface area contributed by atoms with Gasteiger partial charge in [0.1, 0.15) is 18.7 Å². The lowest BCUT2D eigenvalue weighted by molar-refractivity contribution is -0.142. The number of nitrogens with zero attached hydrogens (tertiary/aromatic N) is 1. The zero-order chi connectivity index (χ0) is 11.8. The molecule has 1 saturated heterocycles. The van der Waals surface area contributed by atoms with Crippen molar-refractivity contribution in [1.82, 2.24) is 4.31 Å². The van der Waals surface area contributed by atoms with Crippen molar-refractivity contribution in [2.45, 2.75) is 12.1 Å². The molecule has 0 bridgehead atoms. The molecule has 86 valence electrons. The molecule has 2 amide bonds. The zero-order valence-electron chi connectivity index (χ0n) is 7.36. The van der Waals surface area contributed by atoms with Gasteiger partial charge in [-0.2, -0.15) is 8.42 Å². The largest absolute Gasteiger partial charge is 0.447 e. The number of β-lactam (4-membered cyclic amide) rings is 1. The number of hydrogen-bond donors (Lipinski definition) is 3. The van der Waals surface area contributed by atoms with Gasteiger partial charge in [-0.1, -0.05) is 0 Å². The average Bonchev–Trinajstić information content (AvgIpc) is 2.07. The van der Waals surface area contributed by atoms with Crippen LogP contribution in [0, 0.1) is 0 Å². The third-order valence-electron chi connectivity index (χ3n) is 1.86. The summed E-state index contributed by atoms with van der Waals surface area (Å²) in [6, 6.07) is -2.24. The van der Waals surface area contributed by atoms with Gasteiger partial charge in [0.05, 0.1) is 0 Å². The fourth-order valence-electron chi connectivity index (χ4n) is 1.16. The number of rotatable bonds is 3. The Bertz CT molecular complexity index is 392. The third kappa shape index (κ3) is 2.16. The Balaban J connectivity index is 2.72. The van der Waals surface area contributed by atoms with E-state index < -0.39 is 41.0 Å². The van der Waals surface area contributed by atoms with Crippen LogP contribution in [0.1, 0.15) is 0 Å². The molecule has 0 aromatic carbocycles. The van der Waals surface area contributed by atoms with Crippen LogP contribution < -0.4 is 11.5 Å². The quantitative estimate of drug-likeness (QED) is 0.361. The highest BCUT2D eigenvalue weighted by molar-refractivity contribution is 7.84. The van der Waals surface area contributed by atoms with Crippen LogP contribution in [0.4, 0.5) is 4.79 Å². The molecular weight excluding hydrogens is 230 g/mol. The average molecular weight is 239 g/mol. The van der Waals surface area contributed by atoms with E-state index in [1.54, 1.807) is 0 Å². The summed E-state index contributed by atoms with van der Waals surface area (Å²) < 4.78 is 34.3. The second-order valence-corrected chi connectivity index (χ2v) is 4.12. The molecule has 0 unspecified atom stereocenters. The van der Waals surface area contributed by atoms with Crippen molar-refractivity contribution >= 4 is 22.3 Å². The van der Waals surface area contributed by atoms with E-state index >= 15 is 0 Å². The standard InChI is InChI=1S/C5H9N3O6S/c6-3-2(1-14-5(7)10)8(4(3)9)15(11,12)13/h2-3H,1,6H2,(H2,7,10)(H,11,12,13)/t2-,3+/m1/s1. The second-order valence-electron chi connectivity index (χ2n) is 2.84. The SMILES string of the molecule is NC(=O)OC[C@@H]1[C@H](N)C(=O)N1S(=O)(=O)O. The number of ether oxygens (including phenoxy) is 1. The summed E-state index contributed by atoms with van der Waals surface area (Å²) in [6.45, 7) is -0.484. The molecule has 1 aliphatic heterocycles. The molecular formula is C5H9N3O6S. The number of amides is 2. The minimum atomic E-state index is -4.67. The summed E-state index contributed by atoms with van der Waals surface area (Å²) in [4.78, 5) is 21.2. The molecule has 0 aromatic heterocycles. The van der Waals surface area contributed by atoms with Gasteiger partial charge in [0.25, 0.3) is 5.91 Å². The lowest BCUT2D eigenvalue weighted by Gasteiger charge is -2.41. The van der Waals surface area contributed by atoms with E-state index in [1.165, 1.54) is 0 Å². The molecule has 0 spiro atoms. The fourth-order valence-corrected chi connectivity index (χ4v) is 2.05. The van der Waals surface area contributed by atoms with Crippen LogP contribution >= 0.6 is 0 Å². The van der Waals surface area contributed by atoms with Crippen LogP contribution in [-0.2, 0) is 19.8 Å². The van der Waals surface area contributed by atoms with Crippen molar-refractivity contribution in [1.29, 1.82) is 0 Å². The van der Waals surface area contributed by atoms with E-state index in [9.17, 15) is 18.0 Å². The van der Waals surface area contributed by atoms with Gasteiger partial charge in [-0.25, -0.2) is 9.10 Å². The third-order valence-corrected chi connectivity index (χ3v) is 2.81. The van der Waals surface area contributed by atoms with E-state index in [2.05, 4.69) is 10.5 Å². The predicted octanol–water partition coefficient (Wildman–Crippen LogP) is -2.58. The summed E-state index contributed by atoms with van der Waals surface area (Å²) in [5.74, 6) is -0.962. The van der Waals surface area contributed by atoms with Crippen LogP contribution in [0.5, 0.6) is 0 Å². The highest BCUT2D eigenvalue weighted by Gasteiger charge is 2.51. The number of carbonyl (C=O) groups is 2. The van der Waals surface area contributed by atoms with E-state index in [1.807, 2.05) is 0 Å². The van der Waals surface area contributed by atoms with Gasteiger partial charge in [0.2, 0.25) is 0 Å². The molecule has 10 heteroatoms. The van der Waals surface area contributed by atoms with Crippen LogP contribution in [0.15, 0.2) is 0 Å². The first-order valence-corrected chi connectivity index (χ1v) is 5.13. The zero-order valence-corrected chi connectivity index (χ0v) is 8.18. The van der Waals surface area contributed by atoms with Crippen molar-refractivity contribution in [2.75, 3.05) is 6.61 Å². The van der Waals surface area contributed by atoms with Crippen molar-refractivity contribution in [2.24, 2.45) is 11.5 Å². The van der Waals surface area contributed by atoms with Gasteiger partial charge in [-0.15, -0.1) is 0 Å². The molecule has 2 atom stereocenters. The minimum Gasteiger partial charge on any atom is -0.447 e. The maximum absolute atomic E-state index is 11.0. The molecule has 0 saturated carbocycles. The number of primary amides is 1. The van der Waals surface area contributed by atoms with E-state index in [0.29, 0.717) is 0 Å². The first kappa shape index (κ1) is 11.7. The van der Waals surface area contributed by atoms with E-state index in [4.69, 9.17) is 10.3 Å². The monoisotopic (exact) mass is 239 g/mol. The topological polar surface area (TPSA) is 153 Å². The van der Waals surface area contributed by atoms with Gasteiger partial charge in [0, 0.05) is 0 Å². The molecule has 5 N–H and O–H groups in total. The normalized spacial score (nSPS) is 26.0. The van der Waals surface area contributed by atoms with Crippen molar-refractivity contribution in [3.8, 4) is 0 Å². The van der Waals surface area contributed by atoms with Gasteiger partial charge in [0.15, 0.2) is 0 Å². The van der Waals surface area contributed by atoms with Crippen molar-refractivity contribution in [3.05, 3.63) is 0 Å². The summed E-state index contributed by atoms with van der Waals surface area (Å²) in [7, 11) is -4.67. The summed E-state index contributed by atoms with van der Waals surface area (Å²) in [5, 5.41) is 0. The first-order valence-electron chi connectivity index (χ1n) is 3.73. The Labute approximate surface area is 84.8 Å². The molecule has 0 aromatic rings. The molecule has 1 fully saturated rings. The Kier molecular flexibility index (Phi) is 2.83. The van der Waals surface area contributed by atoms with Crippen LogP contribution in [0.3, 0.4) is 0 Å². The lowest BCUT2D eigenvalue weighted by Crippen LogP contribution is -2.71. The first-order chi connectivity index (χ1) is 6.75. The maximum atomic E-state index is 11.0. The van der Waals surface area contributed by atoms with E-state index in [-0.39, 0.29) is 4.31 Å². The van der Waals surface area contributed by atoms with E-state index in [0.717, 1.165) is 0 Å². The number of hydrogen-bond acceptors (Lipinski definition) is 6. The Morgan fingerprint density at radius 3 is 2.53 bits per heavy atom. The summed E-state index contributed by atoms with van der Waals surface area (Å²) in [5.41, 5.74) is 9.88. The van der Waals surface area contributed by atoms with Crippen LogP contribution in [-0.4, -0.2) is 48.0 Å². The Morgan fingerprint density at radius 2 is 2.13 bits per heavy atom. The smallest absolute Gasteiger partial charge is 0.404 e. The molecule has 0 radical (unpaired) electrons. The van der Waals surface area contributed by atoms with Gasteiger partial charge in [-0.3, -0.25) is 9.35 Å². The maximum Gasteiger partial charge on any atom is 0.404 e. The minimum absolute atomic E-state index is 0.139. The molecule has 0 aliphatic carbocycles. The van der Waals surface area contributed by atoms with Crippen molar-refractivity contribution in [3.63, 3.8) is 0 Å². The molecule has 1 aliphatic rings. The van der Waals surface area contributed by atoms with Gasteiger partial charge in [-0.05, 0) is 0 Å². The van der Waals surface area contributed by atoms with Crippen molar-refractivity contribution < 1.29 is 27.3 Å². The number of nitrogens with two attached hydrogens (primary N) is 2. The molecule has 15 heavy (non-hydrogen) atoms. The van der Waals surface area contributed by atoms with Gasteiger partial charge >= 0.3 is 16.4 Å². The predicted molar refractivity (Wildman–Crippen MR) is 45.7 cm³/mol. The van der Waals surface area contributed by atoms with Crippen LogP contribution in [0.25, 0.3) is 0 Å². The number of carbonyl (C=O) groups excluding carboxylic acids is 2. The Hall–Kier alpha value is -1.39. The molecule has 9 nitrogen and oxygen atoms in total. The molecule has 1 heterocycles. The van der Waals surface area contributed by atoms with Crippen LogP contribution in [0.2, 0.25) is 0 Å². The van der Waals surface area contributed by atoms with Gasteiger partial charge < -0.3 is 16.2 Å². The lowest BCUT2D eigenvalue weighted by atomic mass is 10.0. The highest BCUT2D eigenvalue weighted by Crippen LogP contribution is 2.21. The highest BCUT2D eigenvalue weighted by atomic mass is 32.2. The fraction of sp³-hybridized carbons (Fsp3) is 0.600. The molecule has 1 rings (SSSR count). The Morgan fingerprint density at radius 1 is 1.60 bits per heavy atom. The summed E-state index contributed by atoms with van der Waals surface area (Å²) in [6.07, 6.45) is -1.13.